The van der Waals surface area contributed by atoms with Gasteiger partial charge in [-0.25, -0.2) is 4.39 Å². The SMILES string of the molecule is CC(C)C1CCc2cc(C#N)cc(F)c21. The van der Waals surface area contributed by atoms with Crippen LogP contribution in [0.5, 0.6) is 0 Å². The number of benzene rings is 1. The minimum Gasteiger partial charge on any atom is -0.207 e. The van der Waals surface area contributed by atoms with Crippen LogP contribution in [0.4, 0.5) is 4.39 Å². The van der Waals surface area contributed by atoms with E-state index in [1.54, 1.807) is 0 Å². The van der Waals surface area contributed by atoms with Gasteiger partial charge in [-0.2, -0.15) is 5.26 Å². The van der Waals surface area contributed by atoms with Crippen LogP contribution in [0.25, 0.3) is 0 Å². The lowest BCUT2D eigenvalue weighted by Gasteiger charge is -2.16. The summed E-state index contributed by atoms with van der Waals surface area (Å²) in [6.45, 7) is 4.24. The number of nitriles is 1. The second kappa shape index (κ2) is 3.66. The van der Waals surface area contributed by atoms with E-state index in [4.69, 9.17) is 5.26 Å². The van der Waals surface area contributed by atoms with Gasteiger partial charge in [-0.15, -0.1) is 0 Å². The number of halogens is 1. The molecular weight excluding hydrogens is 189 g/mol. The van der Waals surface area contributed by atoms with Crippen LogP contribution in [0.3, 0.4) is 0 Å². The fourth-order valence-corrected chi connectivity index (χ4v) is 2.48. The second-order valence-corrected chi connectivity index (χ2v) is 4.53. The number of fused-ring (bicyclic) bond motifs is 1. The summed E-state index contributed by atoms with van der Waals surface area (Å²) < 4.78 is 13.8. The second-order valence-electron chi connectivity index (χ2n) is 4.53. The Hall–Kier alpha value is -1.36. The third-order valence-corrected chi connectivity index (χ3v) is 3.24. The smallest absolute Gasteiger partial charge is 0.128 e. The Morgan fingerprint density at radius 1 is 1.47 bits per heavy atom. The fraction of sp³-hybridized carbons (Fsp3) is 0.462. The summed E-state index contributed by atoms with van der Waals surface area (Å²) in [5, 5.41) is 8.75. The van der Waals surface area contributed by atoms with E-state index in [0.717, 1.165) is 24.0 Å². The lowest BCUT2D eigenvalue weighted by atomic mass is 9.89. The third-order valence-electron chi connectivity index (χ3n) is 3.24. The molecule has 2 rings (SSSR count). The van der Waals surface area contributed by atoms with Crippen LogP contribution in [0, 0.1) is 23.1 Å². The molecule has 1 aromatic carbocycles. The molecule has 1 nitrogen and oxygen atoms in total. The van der Waals surface area contributed by atoms with E-state index in [0.29, 0.717) is 17.4 Å². The van der Waals surface area contributed by atoms with Gasteiger partial charge in [0.25, 0.3) is 0 Å². The van der Waals surface area contributed by atoms with Gasteiger partial charge in [0.15, 0.2) is 0 Å². The summed E-state index contributed by atoms with van der Waals surface area (Å²) in [7, 11) is 0. The lowest BCUT2D eigenvalue weighted by Crippen LogP contribution is -2.04. The van der Waals surface area contributed by atoms with Crippen molar-refractivity contribution in [2.75, 3.05) is 0 Å². The van der Waals surface area contributed by atoms with Crippen molar-refractivity contribution in [2.45, 2.75) is 32.6 Å². The van der Waals surface area contributed by atoms with Gasteiger partial charge in [-0.05, 0) is 47.9 Å². The highest BCUT2D eigenvalue weighted by atomic mass is 19.1. The van der Waals surface area contributed by atoms with Crippen molar-refractivity contribution in [3.8, 4) is 6.07 Å². The molecule has 0 bridgehead atoms. The number of hydrogen-bond donors (Lipinski definition) is 0. The molecule has 0 heterocycles. The Kier molecular flexibility index (Phi) is 2.48. The van der Waals surface area contributed by atoms with Crippen molar-refractivity contribution >= 4 is 0 Å². The predicted molar refractivity (Wildman–Crippen MR) is 57.0 cm³/mol. The van der Waals surface area contributed by atoms with E-state index in [-0.39, 0.29) is 5.82 Å². The first-order valence-corrected chi connectivity index (χ1v) is 5.36. The third kappa shape index (κ3) is 1.63. The Balaban J connectivity index is 2.51. The zero-order valence-electron chi connectivity index (χ0n) is 9.05. The molecule has 1 unspecified atom stereocenters. The first-order chi connectivity index (χ1) is 7.13. The molecule has 2 heteroatoms. The molecule has 0 radical (unpaired) electrons. The topological polar surface area (TPSA) is 23.8 Å². The molecule has 1 atom stereocenters. The average molecular weight is 203 g/mol. The molecule has 0 saturated carbocycles. The number of nitrogens with zero attached hydrogens (tertiary/aromatic N) is 1. The van der Waals surface area contributed by atoms with Crippen molar-refractivity contribution in [3.63, 3.8) is 0 Å². The zero-order valence-corrected chi connectivity index (χ0v) is 9.05. The van der Waals surface area contributed by atoms with Crippen LogP contribution in [0.1, 0.15) is 42.9 Å². The average Bonchev–Trinajstić information content (AvgIpc) is 2.61. The van der Waals surface area contributed by atoms with Gasteiger partial charge in [0.2, 0.25) is 0 Å². The van der Waals surface area contributed by atoms with Crippen LogP contribution >= 0.6 is 0 Å². The van der Waals surface area contributed by atoms with Crippen molar-refractivity contribution in [2.24, 2.45) is 5.92 Å². The van der Waals surface area contributed by atoms with E-state index in [2.05, 4.69) is 13.8 Å². The Labute approximate surface area is 89.5 Å². The first-order valence-electron chi connectivity index (χ1n) is 5.36. The van der Waals surface area contributed by atoms with Crippen molar-refractivity contribution in [1.29, 1.82) is 5.26 Å². The summed E-state index contributed by atoms with van der Waals surface area (Å²) >= 11 is 0. The monoisotopic (exact) mass is 203 g/mol. The van der Waals surface area contributed by atoms with E-state index in [9.17, 15) is 4.39 Å². The predicted octanol–water partition coefficient (Wildman–Crippen LogP) is 3.38. The van der Waals surface area contributed by atoms with Gasteiger partial charge >= 0.3 is 0 Å². The minimum absolute atomic E-state index is 0.194. The number of aryl methyl sites for hydroxylation is 1. The number of rotatable bonds is 1. The van der Waals surface area contributed by atoms with Gasteiger partial charge in [0.05, 0.1) is 11.6 Å². The van der Waals surface area contributed by atoms with Crippen LogP contribution in [-0.4, -0.2) is 0 Å². The van der Waals surface area contributed by atoms with E-state index in [1.165, 1.54) is 6.07 Å². The minimum atomic E-state index is -0.194. The van der Waals surface area contributed by atoms with Gasteiger partial charge in [0.1, 0.15) is 5.82 Å². The van der Waals surface area contributed by atoms with Crippen molar-refractivity contribution in [1.82, 2.24) is 0 Å². The van der Waals surface area contributed by atoms with Crippen LogP contribution in [0.15, 0.2) is 12.1 Å². The van der Waals surface area contributed by atoms with Gasteiger partial charge < -0.3 is 0 Å². The van der Waals surface area contributed by atoms with E-state index in [1.807, 2.05) is 12.1 Å². The zero-order chi connectivity index (χ0) is 11.0. The van der Waals surface area contributed by atoms with Crippen LogP contribution in [0.2, 0.25) is 0 Å². The molecule has 0 amide bonds. The van der Waals surface area contributed by atoms with E-state index >= 15 is 0 Å². The molecule has 1 aliphatic carbocycles. The maximum atomic E-state index is 13.8. The Morgan fingerprint density at radius 3 is 2.80 bits per heavy atom. The van der Waals surface area contributed by atoms with Crippen molar-refractivity contribution in [3.05, 3.63) is 34.6 Å². The van der Waals surface area contributed by atoms with Gasteiger partial charge in [-0.1, -0.05) is 13.8 Å². The molecule has 0 N–H and O–H groups in total. The molecule has 15 heavy (non-hydrogen) atoms. The summed E-state index contributed by atoms with van der Waals surface area (Å²) in [5.74, 6) is 0.599. The quantitative estimate of drug-likeness (QED) is 0.686. The molecule has 0 aliphatic heterocycles. The molecule has 1 aromatic rings. The standard InChI is InChI=1S/C13H14FN/c1-8(2)11-4-3-10-5-9(7-15)6-12(14)13(10)11/h5-6,8,11H,3-4H2,1-2H3. The summed E-state index contributed by atoms with van der Waals surface area (Å²) in [6, 6.07) is 5.20. The Morgan fingerprint density at radius 2 is 2.20 bits per heavy atom. The molecule has 0 spiro atoms. The Bertz CT molecular complexity index is 429. The van der Waals surface area contributed by atoms with Gasteiger partial charge in [-0.3, -0.25) is 0 Å². The summed E-state index contributed by atoms with van der Waals surface area (Å²) in [6.07, 6.45) is 1.92. The maximum absolute atomic E-state index is 13.8. The van der Waals surface area contributed by atoms with Gasteiger partial charge in [0, 0.05) is 0 Å². The lowest BCUT2D eigenvalue weighted by molar-refractivity contribution is 0.475. The highest BCUT2D eigenvalue weighted by molar-refractivity contribution is 5.43. The molecule has 78 valence electrons. The fourth-order valence-electron chi connectivity index (χ4n) is 2.48. The molecule has 0 aromatic heterocycles. The first kappa shape index (κ1) is 10.2. The molecule has 0 fully saturated rings. The van der Waals surface area contributed by atoms with E-state index < -0.39 is 0 Å². The summed E-state index contributed by atoms with van der Waals surface area (Å²) in [5.41, 5.74) is 2.32. The molecule has 1 aliphatic rings. The van der Waals surface area contributed by atoms with Crippen LogP contribution in [-0.2, 0) is 6.42 Å². The highest BCUT2D eigenvalue weighted by Gasteiger charge is 2.28. The van der Waals surface area contributed by atoms with Crippen LogP contribution < -0.4 is 0 Å². The molecular formula is C13H14FN. The maximum Gasteiger partial charge on any atom is 0.128 e. The number of hydrogen-bond acceptors (Lipinski definition) is 1. The summed E-state index contributed by atoms with van der Waals surface area (Å²) in [4.78, 5) is 0. The molecule has 0 saturated heterocycles. The van der Waals surface area contributed by atoms with Crippen molar-refractivity contribution < 1.29 is 4.39 Å². The highest BCUT2D eigenvalue weighted by Crippen LogP contribution is 2.40. The largest absolute Gasteiger partial charge is 0.207 e. The normalized spacial score (nSPS) is 19.0.